The van der Waals surface area contributed by atoms with Gasteiger partial charge < -0.3 is 19.5 Å². The van der Waals surface area contributed by atoms with Gasteiger partial charge in [0.05, 0.1) is 25.8 Å². The Kier molecular flexibility index (Phi) is 4.85. The van der Waals surface area contributed by atoms with E-state index in [2.05, 4.69) is 0 Å². The van der Waals surface area contributed by atoms with Gasteiger partial charge >= 0.3 is 6.09 Å². The van der Waals surface area contributed by atoms with Crippen LogP contribution in [-0.4, -0.2) is 47.0 Å². The Morgan fingerprint density at radius 2 is 1.95 bits per heavy atom. The summed E-state index contributed by atoms with van der Waals surface area (Å²) in [7, 11) is 0. The standard InChI is InChI=1S/C16H23NO4/c1-16(2,3)21-15(19)17-9-13(18)14(10-17)20-11-12-7-5-4-6-8-12/h4-8,13-14,18H,9-11H2,1-3H3/t13-,14-/m1/s1. The number of carbonyl (C=O) groups is 1. The van der Waals surface area contributed by atoms with Crippen LogP contribution in [0.4, 0.5) is 4.79 Å². The lowest BCUT2D eigenvalue weighted by Crippen LogP contribution is -2.36. The Morgan fingerprint density at radius 1 is 1.29 bits per heavy atom. The second kappa shape index (κ2) is 6.45. The summed E-state index contributed by atoms with van der Waals surface area (Å²) in [5, 5.41) is 10.0. The molecule has 2 atom stereocenters. The molecule has 1 N–H and O–H groups in total. The van der Waals surface area contributed by atoms with Gasteiger partial charge in [0.2, 0.25) is 0 Å². The zero-order chi connectivity index (χ0) is 15.5. The zero-order valence-corrected chi connectivity index (χ0v) is 12.8. The number of rotatable bonds is 3. The summed E-state index contributed by atoms with van der Waals surface area (Å²) in [5.41, 5.74) is 0.505. The molecule has 1 aliphatic rings. The van der Waals surface area contributed by atoms with Crippen molar-refractivity contribution in [1.29, 1.82) is 0 Å². The van der Waals surface area contributed by atoms with E-state index in [-0.39, 0.29) is 12.6 Å². The molecule has 1 fully saturated rings. The molecule has 1 saturated heterocycles. The minimum Gasteiger partial charge on any atom is -0.444 e. The number of nitrogens with zero attached hydrogens (tertiary/aromatic N) is 1. The van der Waals surface area contributed by atoms with Gasteiger partial charge in [-0.25, -0.2) is 4.79 Å². The average molecular weight is 293 g/mol. The Hall–Kier alpha value is -1.59. The van der Waals surface area contributed by atoms with E-state index in [4.69, 9.17) is 9.47 Å². The van der Waals surface area contributed by atoms with Crippen LogP contribution in [0.2, 0.25) is 0 Å². The van der Waals surface area contributed by atoms with Crippen LogP contribution in [0.3, 0.4) is 0 Å². The van der Waals surface area contributed by atoms with Gasteiger partial charge in [0.25, 0.3) is 0 Å². The van der Waals surface area contributed by atoms with Crippen molar-refractivity contribution in [2.24, 2.45) is 0 Å². The van der Waals surface area contributed by atoms with Gasteiger partial charge in [-0.05, 0) is 26.3 Å². The molecule has 5 heteroatoms. The Bertz CT molecular complexity index is 469. The van der Waals surface area contributed by atoms with Crippen LogP contribution in [0.15, 0.2) is 30.3 Å². The third-order valence-corrected chi connectivity index (χ3v) is 3.20. The molecule has 0 unspecified atom stereocenters. The second-order valence-electron chi connectivity index (χ2n) is 6.29. The van der Waals surface area contributed by atoms with Gasteiger partial charge in [-0.3, -0.25) is 0 Å². The number of β-amino-alcohol motifs (C(OH)–C–C–N with tert-alkyl or cyclic N) is 1. The molecule has 5 nitrogen and oxygen atoms in total. The molecule has 1 aromatic rings. The number of hydrogen-bond donors (Lipinski definition) is 1. The molecule has 1 amide bonds. The number of benzene rings is 1. The highest BCUT2D eigenvalue weighted by molar-refractivity contribution is 5.68. The predicted molar refractivity (Wildman–Crippen MR) is 78.8 cm³/mol. The van der Waals surface area contributed by atoms with Gasteiger partial charge in [0, 0.05) is 0 Å². The lowest BCUT2D eigenvalue weighted by Gasteiger charge is -2.24. The Balaban J connectivity index is 1.85. The minimum atomic E-state index is -0.679. The summed E-state index contributed by atoms with van der Waals surface area (Å²) in [6.45, 7) is 6.48. The first-order valence-electron chi connectivity index (χ1n) is 7.17. The topological polar surface area (TPSA) is 59.0 Å². The fourth-order valence-corrected chi connectivity index (χ4v) is 2.17. The van der Waals surface area contributed by atoms with E-state index in [0.29, 0.717) is 13.2 Å². The van der Waals surface area contributed by atoms with E-state index in [0.717, 1.165) is 5.56 Å². The second-order valence-corrected chi connectivity index (χ2v) is 6.29. The van der Waals surface area contributed by atoms with Crippen LogP contribution in [0.5, 0.6) is 0 Å². The number of ether oxygens (including phenoxy) is 2. The summed E-state index contributed by atoms with van der Waals surface area (Å²) >= 11 is 0. The zero-order valence-electron chi connectivity index (χ0n) is 12.8. The molecule has 0 bridgehead atoms. The van der Waals surface area contributed by atoms with Crippen LogP contribution >= 0.6 is 0 Å². The van der Waals surface area contributed by atoms with E-state index in [1.807, 2.05) is 51.1 Å². The van der Waals surface area contributed by atoms with Gasteiger partial charge in [-0.15, -0.1) is 0 Å². The lowest BCUT2D eigenvalue weighted by atomic mass is 10.2. The summed E-state index contributed by atoms with van der Waals surface area (Å²) in [6, 6.07) is 9.76. The van der Waals surface area contributed by atoms with Crippen LogP contribution in [0.1, 0.15) is 26.3 Å². The molecule has 1 aromatic carbocycles. The lowest BCUT2D eigenvalue weighted by molar-refractivity contribution is -0.0179. The van der Waals surface area contributed by atoms with Crippen molar-refractivity contribution in [2.75, 3.05) is 13.1 Å². The third kappa shape index (κ3) is 4.72. The van der Waals surface area contributed by atoms with Crippen molar-refractivity contribution >= 4 is 6.09 Å². The third-order valence-electron chi connectivity index (χ3n) is 3.20. The number of carbonyl (C=O) groups excluding carboxylic acids is 1. The summed E-state index contributed by atoms with van der Waals surface area (Å²) in [5.74, 6) is 0. The maximum absolute atomic E-state index is 12.0. The highest BCUT2D eigenvalue weighted by Gasteiger charge is 2.36. The number of amides is 1. The highest BCUT2D eigenvalue weighted by atomic mass is 16.6. The van der Waals surface area contributed by atoms with Crippen molar-refractivity contribution in [2.45, 2.75) is 45.2 Å². The van der Waals surface area contributed by atoms with Crippen LogP contribution in [-0.2, 0) is 16.1 Å². The molecule has 21 heavy (non-hydrogen) atoms. The van der Waals surface area contributed by atoms with Crippen LogP contribution in [0, 0.1) is 0 Å². The SMILES string of the molecule is CC(C)(C)OC(=O)N1C[C@@H](O)[C@H](OCc2ccccc2)C1. The fourth-order valence-electron chi connectivity index (χ4n) is 2.17. The molecular weight excluding hydrogens is 270 g/mol. The molecule has 0 aromatic heterocycles. The van der Waals surface area contributed by atoms with Gasteiger partial charge in [-0.1, -0.05) is 30.3 Å². The number of aliphatic hydroxyl groups excluding tert-OH is 1. The van der Waals surface area contributed by atoms with Crippen molar-refractivity contribution in [3.63, 3.8) is 0 Å². The number of aliphatic hydroxyl groups is 1. The quantitative estimate of drug-likeness (QED) is 0.928. The minimum absolute atomic E-state index is 0.244. The number of hydrogen-bond acceptors (Lipinski definition) is 4. The van der Waals surface area contributed by atoms with Crippen LogP contribution < -0.4 is 0 Å². The molecule has 0 saturated carbocycles. The summed E-state index contributed by atoms with van der Waals surface area (Å²) in [6.07, 6.45) is -1.47. The van der Waals surface area contributed by atoms with Crippen molar-refractivity contribution in [1.82, 2.24) is 4.90 Å². The van der Waals surface area contributed by atoms with Gasteiger partial charge in [0.1, 0.15) is 11.7 Å². The summed E-state index contributed by atoms with van der Waals surface area (Å²) < 4.78 is 11.0. The monoisotopic (exact) mass is 293 g/mol. The van der Waals surface area contributed by atoms with Gasteiger partial charge in [0.15, 0.2) is 0 Å². The molecule has 2 rings (SSSR count). The van der Waals surface area contributed by atoms with E-state index in [9.17, 15) is 9.90 Å². The molecular formula is C16H23NO4. The van der Waals surface area contributed by atoms with Crippen molar-refractivity contribution in [3.8, 4) is 0 Å². The van der Waals surface area contributed by atoms with E-state index >= 15 is 0 Å². The Labute approximate surface area is 125 Å². The first kappa shape index (κ1) is 15.8. The maximum Gasteiger partial charge on any atom is 0.410 e. The first-order chi connectivity index (χ1) is 9.85. The average Bonchev–Trinajstić information content (AvgIpc) is 2.77. The van der Waals surface area contributed by atoms with E-state index < -0.39 is 17.8 Å². The molecule has 0 radical (unpaired) electrons. The maximum atomic E-state index is 12.0. The molecule has 0 aliphatic carbocycles. The number of likely N-dealkylation sites (tertiary alicyclic amines) is 1. The van der Waals surface area contributed by atoms with Crippen molar-refractivity contribution < 1.29 is 19.4 Å². The first-order valence-corrected chi connectivity index (χ1v) is 7.17. The molecule has 0 spiro atoms. The predicted octanol–water partition coefficient (Wildman–Crippen LogP) is 2.18. The van der Waals surface area contributed by atoms with Gasteiger partial charge in [-0.2, -0.15) is 0 Å². The summed E-state index contributed by atoms with van der Waals surface area (Å²) in [4.78, 5) is 13.5. The molecule has 1 aliphatic heterocycles. The van der Waals surface area contributed by atoms with E-state index in [1.165, 1.54) is 4.90 Å². The highest BCUT2D eigenvalue weighted by Crippen LogP contribution is 2.18. The van der Waals surface area contributed by atoms with Crippen LogP contribution in [0.25, 0.3) is 0 Å². The van der Waals surface area contributed by atoms with Crippen molar-refractivity contribution in [3.05, 3.63) is 35.9 Å². The van der Waals surface area contributed by atoms with E-state index in [1.54, 1.807) is 0 Å². The Morgan fingerprint density at radius 3 is 2.57 bits per heavy atom. The normalized spacial score (nSPS) is 22.4. The molecule has 116 valence electrons. The fraction of sp³-hybridized carbons (Fsp3) is 0.562. The smallest absolute Gasteiger partial charge is 0.410 e. The molecule has 1 heterocycles. The largest absolute Gasteiger partial charge is 0.444 e.